The summed E-state index contributed by atoms with van der Waals surface area (Å²) < 4.78 is 63.1. The molecular weight excluding hydrogens is 298 g/mol. The lowest BCUT2D eigenvalue weighted by Gasteiger charge is -2.17. The SMILES string of the molecule is CCOC(=O)Cc1ncc(CF)c(OC(F)(F)F)c1OC. The van der Waals surface area contributed by atoms with E-state index in [1.165, 1.54) is 0 Å². The zero-order chi connectivity index (χ0) is 16.0. The number of carbonyl (C=O) groups is 1. The Bertz CT molecular complexity index is 505. The van der Waals surface area contributed by atoms with E-state index >= 15 is 0 Å². The molecule has 0 aliphatic rings. The van der Waals surface area contributed by atoms with Crippen molar-refractivity contribution in [2.24, 2.45) is 0 Å². The van der Waals surface area contributed by atoms with Crippen molar-refractivity contribution >= 4 is 5.97 Å². The van der Waals surface area contributed by atoms with Crippen LogP contribution in [-0.4, -0.2) is 31.0 Å². The molecule has 5 nitrogen and oxygen atoms in total. The summed E-state index contributed by atoms with van der Waals surface area (Å²) in [6.07, 6.45) is -4.59. The summed E-state index contributed by atoms with van der Waals surface area (Å²) >= 11 is 0. The number of pyridine rings is 1. The van der Waals surface area contributed by atoms with Gasteiger partial charge in [0.2, 0.25) is 0 Å². The Hall–Kier alpha value is -2.06. The molecular formula is C12H13F4NO4. The van der Waals surface area contributed by atoms with Crippen LogP contribution in [0.15, 0.2) is 6.20 Å². The van der Waals surface area contributed by atoms with Crippen molar-refractivity contribution < 1.29 is 36.6 Å². The highest BCUT2D eigenvalue weighted by Gasteiger charge is 2.35. The fourth-order valence-corrected chi connectivity index (χ4v) is 1.56. The third-order valence-corrected chi connectivity index (χ3v) is 2.32. The summed E-state index contributed by atoms with van der Waals surface area (Å²) in [7, 11) is 1.07. The number of aromatic nitrogens is 1. The molecule has 0 radical (unpaired) electrons. The van der Waals surface area contributed by atoms with Gasteiger partial charge < -0.3 is 14.2 Å². The fraction of sp³-hybridized carbons (Fsp3) is 0.500. The molecule has 0 atom stereocenters. The largest absolute Gasteiger partial charge is 0.573 e. The van der Waals surface area contributed by atoms with Crippen molar-refractivity contribution in [1.82, 2.24) is 4.98 Å². The second-order valence-corrected chi connectivity index (χ2v) is 3.76. The highest BCUT2D eigenvalue weighted by Crippen LogP contribution is 2.38. The predicted octanol–water partition coefficient (Wildman–Crippen LogP) is 2.56. The minimum absolute atomic E-state index is 0.107. The molecule has 0 saturated heterocycles. The molecule has 1 rings (SSSR count). The Morgan fingerprint density at radius 1 is 1.33 bits per heavy atom. The monoisotopic (exact) mass is 311 g/mol. The van der Waals surface area contributed by atoms with Crippen LogP contribution in [0, 0.1) is 0 Å². The number of halogens is 4. The van der Waals surface area contributed by atoms with Crippen molar-refractivity contribution in [3.63, 3.8) is 0 Å². The number of hydrogen-bond acceptors (Lipinski definition) is 5. The second-order valence-electron chi connectivity index (χ2n) is 3.76. The average molecular weight is 311 g/mol. The molecule has 0 N–H and O–H groups in total. The van der Waals surface area contributed by atoms with Crippen LogP contribution in [-0.2, 0) is 22.6 Å². The molecule has 0 aromatic carbocycles. The maximum Gasteiger partial charge on any atom is 0.573 e. The predicted molar refractivity (Wildman–Crippen MR) is 62.6 cm³/mol. The van der Waals surface area contributed by atoms with Crippen LogP contribution in [0.25, 0.3) is 0 Å². The minimum Gasteiger partial charge on any atom is -0.491 e. The van der Waals surface area contributed by atoms with Crippen molar-refractivity contribution in [3.8, 4) is 11.5 Å². The molecule has 9 heteroatoms. The summed E-state index contributed by atoms with van der Waals surface area (Å²) in [5.41, 5.74) is -0.566. The third kappa shape index (κ3) is 4.76. The van der Waals surface area contributed by atoms with Gasteiger partial charge in [0.05, 0.1) is 25.8 Å². The Morgan fingerprint density at radius 2 is 2.00 bits per heavy atom. The first-order valence-electron chi connectivity index (χ1n) is 5.84. The topological polar surface area (TPSA) is 57.7 Å². The van der Waals surface area contributed by atoms with Gasteiger partial charge in [0.25, 0.3) is 0 Å². The number of ether oxygens (including phenoxy) is 3. The number of carbonyl (C=O) groups excluding carboxylic acids is 1. The fourth-order valence-electron chi connectivity index (χ4n) is 1.56. The van der Waals surface area contributed by atoms with Crippen molar-refractivity contribution in [2.45, 2.75) is 26.4 Å². The van der Waals surface area contributed by atoms with Crippen LogP contribution in [0.3, 0.4) is 0 Å². The minimum atomic E-state index is -5.03. The standard InChI is InChI=1S/C12H13F4NO4/c1-3-20-9(18)4-8-11(19-2)10(21-12(14,15)16)7(5-13)6-17-8/h6H,3-5H2,1-2H3. The molecule has 0 saturated carbocycles. The lowest BCUT2D eigenvalue weighted by atomic mass is 10.2. The van der Waals surface area contributed by atoms with Crippen LogP contribution in [0.2, 0.25) is 0 Å². The Labute approximate surface area is 117 Å². The zero-order valence-electron chi connectivity index (χ0n) is 11.3. The highest BCUT2D eigenvalue weighted by atomic mass is 19.4. The highest BCUT2D eigenvalue weighted by molar-refractivity contribution is 5.73. The molecule has 0 bridgehead atoms. The molecule has 118 valence electrons. The number of methoxy groups -OCH3 is 1. The maximum absolute atomic E-state index is 12.8. The summed E-state index contributed by atoms with van der Waals surface area (Å²) in [5.74, 6) is -1.99. The van der Waals surface area contributed by atoms with Crippen LogP contribution in [0.1, 0.15) is 18.2 Å². The molecule has 1 aromatic rings. The smallest absolute Gasteiger partial charge is 0.491 e. The van der Waals surface area contributed by atoms with E-state index in [2.05, 4.69) is 14.5 Å². The Balaban J connectivity index is 3.22. The van der Waals surface area contributed by atoms with Gasteiger partial charge in [-0.3, -0.25) is 9.78 Å². The molecule has 0 unspecified atom stereocenters. The summed E-state index contributed by atoms with van der Waals surface area (Å²) in [5, 5.41) is 0. The van der Waals surface area contributed by atoms with E-state index in [4.69, 9.17) is 4.74 Å². The molecule has 0 fully saturated rings. The molecule has 0 aliphatic carbocycles. The number of hydrogen-bond donors (Lipinski definition) is 0. The van der Waals surface area contributed by atoms with Crippen LogP contribution in [0.4, 0.5) is 17.6 Å². The lowest BCUT2D eigenvalue weighted by Crippen LogP contribution is -2.20. The van der Waals surface area contributed by atoms with Gasteiger partial charge >= 0.3 is 12.3 Å². The normalized spacial score (nSPS) is 11.1. The van der Waals surface area contributed by atoms with Crippen LogP contribution >= 0.6 is 0 Å². The van der Waals surface area contributed by atoms with E-state index in [0.29, 0.717) is 0 Å². The van der Waals surface area contributed by atoms with Crippen molar-refractivity contribution in [2.75, 3.05) is 13.7 Å². The molecule has 21 heavy (non-hydrogen) atoms. The van der Waals surface area contributed by atoms with Crippen molar-refractivity contribution in [1.29, 1.82) is 0 Å². The third-order valence-electron chi connectivity index (χ3n) is 2.32. The van der Waals surface area contributed by atoms with Gasteiger partial charge in [-0.05, 0) is 6.92 Å². The van der Waals surface area contributed by atoms with Gasteiger partial charge in [-0.1, -0.05) is 0 Å². The van der Waals surface area contributed by atoms with Gasteiger partial charge in [0.1, 0.15) is 6.67 Å². The average Bonchev–Trinajstić information content (AvgIpc) is 2.37. The van der Waals surface area contributed by atoms with Crippen LogP contribution in [0.5, 0.6) is 11.5 Å². The van der Waals surface area contributed by atoms with E-state index in [0.717, 1.165) is 13.3 Å². The van der Waals surface area contributed by atoms with E-state index in [1.807, 2.05) is 0 Å². The first kappa shape index (κ1) is 17.0. The molecule has 1 aromatic heterocycles. The maximum atomic E-state index is 12.8. The van der Waals surface area contributed by atoms with Gasteiger partial charge in [0.15, 0.2) is 11.5 Å². The first-order valence-corrected chi connectivity index (χ1v) is 5.84. The number of alkyl halides is 4. The number of esters is 1. The summed E-state index contributed by atoms with van der Waals surface area (Å²) in [4.78, 5) is 15.1. The Morgan fingerprint density at radius 3 is 2.48 bits per heavy atom. The second kappa shape index (κ2) is 7.09. The molecule has 0 amide bonds. The van der Waals surface area contributed by atoms with Crippen LogP contribution < -0.4 is 9.47 Å². The van der Waals surface area contributed by atoms with E-state index in [9.17, 15) is 22.4 Å². The summed E-state index contributed by atoms with van der Waals surface area (Å²) in [6.45, 7) is 0.455. The number of nitrogens with zero attached hydrogens (tertiary/aromatic N) is 1. The molecule has 1 heterocycles. The van der Waals surface area contributed by atoms with E-state index in [-0.39, 0.29) is 12.3 Å². The number of rotatable bonds is 6. The quantitative estimate of drug-likeness (QED) is 0.597. The summed E-state index contributed by atoms with van der Waals surface area (Å²) in [6, 6.07) is 0. The van der Waals surface area contributed by atoms with Gasteiger partial charge in [-0.2, -0.15) is 0 Å². The van der Waals surface area contributed by atoms with Crippen molar-refractivity contribution in [3.05, 3.63) is 17.5 Å². The van der Waals surface area contributed by atoms with E-state index < -0.39 is 42.5 Å². The lowest BCUT2D eigenvalue weighted by molar-refractivity contribution is -0.275. The van der Waals surface area contributed by atoms with Gasteiger partial charge in [0, 0.05) is 11.8 Å². The molecule has 0 spiro atoms. The first-order chi connectivity index (χ1) is 9.82. The van der Waals surface area contributed by atoms with Gasteiger partial charge in [-0.25, -0.2) is 4.39 Å². The molecule has 0 aliphatic heterocycles. The zero-order valence-corrected chi connectivity index (χ0v) is 11.3. The van der Waals surface area contributed by atoms with E-state index in [1.54, 1.807) is 6.92 Å². The van der Waals surface area contributed by atoms with Gasteiger partial charge in [-0.15, -0.1) is 13.2 Å². The Kier molecular flexibility index (Phi) is 5.74.